The summed E-state index contributed by atoms with van der Waals surface area (Å²) in [4.78, 5) is 30.9. The summed E-state index contributed by atoms with van der Waals surface area (Å²) in [6, 6.07) is 22.3. The van der Waals surface area contributed by atoms with E-state index in [0.29, 0.717) is 47.2 Å². The predicted octanol–water partition coefficient (Wildman–Crippen LogP) is 4.45. The number of hydrogen-bond acceptors (Lipinski definition) is 6. The van der Waals surface area contributed by atoms with E-state index in [-0.39, 0.29) is 11.6 Å². The molecule has 7 heteroatoms. The molecule has 0 bridgehead atoms. The lowest BCUT2D eigenvalue weighted by Gasteiger charge is -2.20. The minimum atomic E-state index is -0.391. The van der Waals surface area contributed by atoms with Gasteiger partial charge in [0.05, 0.1) is 11.3 Å². The molecule has 1 saturated heterocycles. The van der Waals surface area contributed by atoms with Crippen molar-refractivity contribution in [2.45, 2.75) is 12.8 Å². The number of nitrogens with zero attached hydrogens (tertiary/aromatic N) is 2. The lowest BCUT2D eigenvalue weighted by atomic mass is 10.0. The van der Waals surface area contributed by atoms with E-state index in [1.165, 1.54) is 17.7 Å². The summed E-state index contributed by atoms with van der Waals surface area (Å²) in [5.74, 6) is 0.523. The standard InChI is InChI=1S/C28H25N3O4/c32-27-25(19-6-2-1-3-7-19)26(29-20-8-13-23-24(18-20)35-17-16-34-23)28(33)31(27)22-11-9-21(10-12-22)30-14-4-5-15-30/h1-3,6-13,18,29H,4-5,14-17H2. The Morgan fingerprint density at radius 1 is 0.714 bits per heavy atom. The molecular weight excluding hydrogens is 442 g/mol. The van der Waals surface area contributed by atoms with Crippen molar-refractivity contribution >= 4 is 34.4 Å². The molecule has 0 saturated carbocycles. The number of nitrogens with one attached hydrogen (secondary N) is 1. The molecule has 3 aromatic rings. The molecule has 6 rings (SSSR count). The fourth-order valence-electron chi connectivity index (χ4n) is 4.81. The van der Waals surface area contributed by atoms with Crippen molar-refractivity contribution in [3.8, 4) is 11.5 Å². The number of hydrogen-bond donors (Lipinski definition) is 1. The number of rotatable bonds is 5. The minimum Gasteiger partial charge on any atom is -0.486 e. The maximum absolute atomic E-state index is 13.7. The Bertz CT molecular complexity index is 1310. The van der Waals surface area contributed by atoms with Crippen LogP contribution in [0, 0.1) is 0 Å². The van der Waals surface area contributed by atoms with E-state index in [4.69, 9.17) is 9.47 Å². The van der Waals surface area contributed by atoms with E-state index in [1.807, 2.05) is 60.7 Å². The van der Waals surface area contributed by atoms with E-state index in [2.05, 4.69) is 10.2 Å². The lowest BCUT2D eigenvalue weighted by Crippen LogP contribution is -2.32. The van der Waals surface area contributed by atoms with Gasteiger partial charge in [-0.2, -0.15) is 0 Å². The predicted molar refractivity (Wildman–Crippen MR) is 135 cm³/mol. The average molecular weight is 468 g/mol. The summed E-state index contributed by atoms with van der Waals surface area (Å²) in [7, 11) is 0. The Morgan fingerprint density at radius 2 is 1.40 bits per heavy atom. The van der Waals surface area contributed by atoms with Crippen LogP contribution in [0.15, 0.2) is 78.5 Å². The number of carbonyl (C=O) groups excluding carboxylic acids is 2. The zero-order valence-corrected chi connectivity index (χ0v) is 19.2. The second-order valence-electron chi connectivity index (χ2n) is 8.76. The van der Waals surface area contributed by atoms with Crippen LogP contribution in [0.5, 0.6) is 11.5 Å². The van der Waals surface area contributed by atoms with Crippen LogP contribution in [0.3, 0.4) is 0 Å². The third-order valence-electron chi connectivity index (χ3n) is 6.54. The Kier molecular flexibility index (Phi) is 5.37. The third-order valence-corrected chi connectivity index (χ3v) is 6.54. The number of anilines is 3. The minimum absolute atomic E-state index is 0.237. The smallest absolute Gasteiger partial charge is 0.282 e. The molecule has 3 aromatic carbocycles. The molecule has 3 aliphatic heterocycles. The van der Waals surface area contributed by atoms with Gasteiger partial charge in [-0.25, -0.2) is 4.90 Å². The molecule has 35 heavy (non-hydrogen) atoms. The van der Waals surface area contributed by atoms with E-state index in [1.54, 1.807) is 12.1 Å². The van der Waals surface area contributed by atoms with Crippen LogP contribution in [-0.4, -0.2) is 38.1 Å². The highest BCUT2D eigenvalue weighted by molar-refractivity contribution is 6.46. The van der Waals surface area contributed by atoms with Gasteiger partial charge in [0.25, 0.3) is 11.8 Å². The Labute approximate surface area is 203 Å². The molecule has 0 aliphatic carbocycles. The number of amides is 2. The van der Waals surface area contributed by atoms with Crippen molar-refractivity contribution in [2.24, 2.45) is 0 Å². The highest BCUT2D eigenvalue weighted by atomic mass is 16.6. The maximum Gasteiger partial charge on any atom is 0.282 e. The summed E-state index contributed by atoms with van der Waals surface area (Å²) in [6.07, 6.45) is 2.37. The second-order valence-corrected chi connectivity index (χ2v) is 8.76. The first kappa shape index (κ1) is 21.3. The fraction of sp³-hybridized carbons (Fsp3) is 0.214. The summed E-state index contributed by atoms with van der Waals surface area (Å²) in [6.45, 7) is 3.03. The molecule has 3 aliphatic rings. The largest absolute Gasteiger partial charge is 0.486 e. The summed E-state index contributed by atoms with van der Waals surface area (Å²) in [5, 5.41) is 3.20. The summed E-state index contributed by atoms with van der Waals surface area (Å²) < 4.78 is 11.3. The van der Waals surface area contributed by atoms with Crippen molar-refractivity contribution in [3.63, 3.8) is 0 Å². The van der Waals surface area contributed by atoms with Crippen molar-refractivity contribution in [1.29, 1.82) is 0 Å². The highest BCUT2D eigenvalue weighted by Crippen LogP contribution is 2.37. The Hall–Kier alpha value is -4.26. The van der Waals surface area contributed by atoms with Gasteiger partial charge >= 0.3 is 0 Å². The summed E-state index contributed by atoms with van der Waals surface area (Å²) in [5.41, 5.74) is 3.56. The molecule has 1 N–H and O–H groups in total. The van der Waals surface area contributed by atoms with Crippen LogP contribution >= 0.6 is 0 Å². The van der Waals surface area contributed by atoms with Gasteiger partial charge in [-0.1, -0.05) is 30.3 Å². The van der Waals surface area contributed by atoms with Crippen molar-refractivity contribution in [3.05, 3.63) is 84.1 Å². The topological polar surface area (TPSA) is 71.1 Å². The fourth-order valence-corrected chi connectivity index (χ4v) is 4.81. The molecule has 0 spiro atoms. The molecule has 0 unspecified atom stereocenters. The highest BCUT2D eigenvalue weighted by Gasteiger charge is 2.40. The lowest BCUT2D eigenvalue weighted by molar-refractivity contribution is -0.120. The molecule has 1 fully saturated rings. The molecule has 0 radical (unpaired) electrons. The molecule has 2 amide bonds. The molecular formula is C28H25N3O4. The Balaban J connectivity index is 1.35. The van der Waals surface area contributed by atoms with Crippen LogP contribution < -0.4 is 24.6 Å². The van der Waals surface area contributed by atoms with Crippen LogP contribution in [0.25, 0.3) is 5.57 Å². The summed E-state index contributed by atoms with van der Waals surface area (Å²) >= 11 is 0. The van der Waals surface area contributed by atoms with Gasteiger partial charge in [0.2, 0.25) is 0 Å². The second kappa shape index (κ2) is 8.83. The first-order valence-electron chi connectivity index (χ1n) is 11.9. The van der Waals surface area contributed by atoms with Gasteiger partial charge in [-0.05, 0) is 54.8 Å². The molecule has 176 valence electrons. The SMILES string of the molecule is O=C1C(Nc2ccc3c(c2)OCCO3)=C(c2ccccc2)C(=O)N1c1ccc(N2CCCC2)cc1. The van der Waals surface area contributed by atoms with Gasteiger partial charge < -0.3 is 19.7 Å². The number of imide groups is 1. The van der Waals surface area contributed by atoms with Crippen molar-refractivity contribution in [1.82, 2.24) is 0 Å². The van der Waals surface area contributed by atoms with Crippen molar-refractivity contribution < 1.29 is 19.1 Å². The quantitative estimate of drug-likeness (QED) is 0.559. The average Bonchev–Trinajstić information content (AvgIpc) is 3.52. The van der Waals surface area contributed by atoms with Gasteiger partial charge in [0, 0.05) is 30.5 Å². The number of fused-ring (bicyclic) bond motifs is 1. The van der Waals surface area contributed by atoms with Crippen LogP contribution in [0.1, 0.15) is 18.4 Å². The first-order chi connectivity index (χ1) is 17.2. The molecule has 0 aromatic heterocycles. The Morgan fingerprint density at radius 3 is 2.14 bits per heavy atom. The van der Waals surface area contributed by atoms with E-state index >= 15 is 0 Å². The third kappa shape index (κ3) is 3.89. The number of ether oxygens (including phenoxy) is 2. The van der Waals surface area contributed by atoms with Gasteiger partial charge in [0.1, 0.15) is 18.9 Å². The normalized spacial score (nSPS) is 17.4. The number of carbonyl (C=O) groups is 2. The first-order valence-corrected chi connectivity index (χ1v) is 11.9. The van der Waals surface area contributed by atoms with Crippen LogP contribution in [0.2, 0.25) is 0 Å². The number of benzene rings is 3. The van der Waals surface area contributed by atoms with Gasteiger partial charge in [-0.3, -0.25) is 9.59 Å². The van der Waals surface area contributed by atoms with Crippen molar-refractivity contribution in [2.75, 3.05) is 41.4 Å². The monoisotopic (exact) mass is 467 g/mol. The van der Waals surface area contributed by atoms with Crippen LogP contribution in [0.4, 0.5) is 17.1 Å². The molecule has 3 heterocycles. The van der Waals surface area contributed by atoms with Gasteiger partial charge in [0.15, 0.2) is 11.5 Å². The zero-order chi connectivity index (χ0) is 23.8. The molecule has 7 nitrogen and oxygen atoms in total. The van der Waals surface area contributed by atoms with Crippen LogP contribution in [-0.2, 0) is 9.59 Å². The zero-order valence-electron chi connectivity index (χ0n) is 19.2. The molecule has 0 atom stereocenters. The van der Waals surface area contributed by atoms with Gasteiger partial charge in [-0.15, -0.1) is 0 Å². The van der Waals surface area contributed by atoms with E-state index < -0.39 is 5.91 Å². The van der Waals surface area contributed by atoms with E-state index in [9.17, 15) is 9.59 Å². The maximum atomic E-state index is 13.7. The van der Waals surface area contributed by atoms with E-state index in [0.717, 1.165) is 18.8 Å².